The zero-order chi connectivity index (χ0) is 19.9. The first-order chi connectivity index (χ1) is 13.5. The van der Waals surface area contributed by atoms with E-state index < -0.39 is 0 Å². The number of allylic oxidation sites excluding steroid dienone is 1. The maximum atomic E-state index is 12.3. The molecule has 0 saturated heterocycles. The number of carbonyl (C=O) groups excluding carboxylic acids is 1. The Morgan fingerprint density at radius 2 is 2.29 bits per heavy atom. The Morgan fingerprint density at radius 1 is 1.43 bits per heavy atom. The van der Waals surface area contributed by atoms with Crippen molar-refractivity contribution in [1.29, 1.82) is 0 Å². The van der Waals surface area contributed by atoms with Crippen molar-refractivity contribution in [2.75, 3.05) is 12.8 Å². The van der Waals surface area contributed by atoms with E-state index in [9.17, 15) is 4.79 Å². The Morgan fingerprint density at radius 3 is 2.96 bits per heavy atom. The lowest BCUT2D eigenvalue weighted by Crippen LogP contribution is -2.30. The van der Waals surface area contributed by atoms with E-state index in [0.717, 1.165) is 41.3 Å². The van der Waals surface area contributed by atoms with Crippen LogP contribution in [-0.2, 0) is 11.2 Å². The predicted octanol–water partition coefficient (Wildman–Crippen LogP) is 3.38. The number of carbonyl (C=O) groups is 1. The van der Waals surface area contributed by atoms with Gasteiger partial charge in [0.2, 0.25) is 11.0 Å². The number of anilines is 1. The number of aliphatic imine (C=N–C) groups is 1. The number of nitrogens with one attached hydrogen (secondary N) is 1. The molecule has 0 aliphatic heterocycles. The molecular formula is C19H24N6OS2. The molecule has 9 heteroatoms. The lowest BCUT2D eigenvalue weighted by molar-refractivity contribution is -0.119. The fourth-order valence-corrected chi connectivity index (χ4v) is 4.93. The van der Waals surface area contributed by atoms with Crippen molar-refractivity contribution in [3.63, 3.8) is 0 Å². The zero-order valence-corrected chi connectivity index (χ0v) is 17.4. The summed E-state index contributed by atoms with van der Waals surface area (Å²) >= 11 is 2.91. The van der Waals surface area contributed by atoms with Gasteiger partial charge in [0.05, 0.1) is 6.42 Å². The van der Waals surface area contributed by atoms with Crippen molar-refractivity contribution in [2.24, 2.45) is 10.9 Å². The van der Waals surface area contributed by atoms with E-state index in [1.165, 1.54) is 23.1 Å². The second kappa shape index (κ2) is 9.79. The Labute approximate surface area is 173 Å². The summed E-state index contributed by atoms with van der Waals surface area (Å²) in [4.78, 5) is 21.7. The van der Waals surface area contributed by atoms with Gasteiger partial charge in [0.1, 0.15) is 5.01 Å². The van der Waals surface area contributed by atoms with Crippen LogP contribution in [0.15, 0.2) is 40.9 Å². The summed E-state index contributed by atoms with van der Waals surface area (Å²) in [5.41, 5.74) is 6.46. The van der Waals surface area contributed by atoms with Crippen molar-refractivity contribution >= 4 is 39.3 Å². The number of thioether (sulfide) groups is 1. The van der Waals surface area contributed by atoms with Crippen molar-refractivity contribution < 1.29 is 4.79 Å². The van der Waals surface area contributed by atoms with Crippen LogP contribution in [0.25, 0.3) is 0 Å². The summed E-state index contributed by atoms with van der Waals surface area (Å²) in [6.07, 6.45) is 6.16. The van der Waals surface area contributed by atoms with E-state index in [4.69, 9.17) is 5.73 Å². The summed E-state index contributed by atoms with van der Waals surface area (Å²) in [5, 5.41) is 13.1. The number of hydrogen-bond donors (Lipinski definition) is 2. The first kappa shape index (κ1) is 20.5. The molecule has 1 aliphatic carbocycles. The van der Waals surface area contributed by atoms with Gasteiger partial charge in [-0.3, -0.25) is 14.8 Å². The molecule has 3 rings (SSSR count). The van der Waals surface area contributed by atoms with Crippen LogP contribution in [0, 0.1) is 5.92 Å². The van der Waals surface area contributed by atoms with Crippen LogP contribution < -0.4 is 11.1 Å². The standard InChI is InChI=1S/C19H24N6OS2/c1-12(13-6-5-7-14(10-13)17-24-25-18(20)28-17)27-19(21-2)23-16(26)11-15-8-3-4-9-22-15/h3-4,8-9,13-14H,1,5-7,10-11H2,2H3,(H2,20,25)(H,21,23,26)/t13-,14?/m0/s1. The van der Waals surface area contributed by atoms with E-state index in [1.807, 2.05) is 18.2 Å². The molecule has 28 heavy (non-hydrogen) atoms. The molecule has 2 aromatic rings. The van der Waals surface area contributed by atoms with Gasteiger partial charge in [0.15, 0.2) is 5.17 Å². The molecule has 148 valence electrons. The fraction of sp³-hybridized carbons (Fsp3) is 0.421. The molecule has 1 unspecified atom stereocenters. The third kappa shape index (κ3) is 5.62. The number of amidine groups is 1. The number of aromatic nitrogens is 3. The first-order valence-corrected chi connectivity index (χ1v) is 10.8. The highest BCUT2D eigenvalue weighted by Gasteiger charge is 2.28. The van der Waals surface area contributed by atoms with Crippen molar-refractivity contribution in [3.8, 4) is 0 Å². The van der Waals surface area contributed by atoms with Gasteiger partial charge >= 0.3 is 0 Å². The number of hydrogen-bond acceptors (Lipinski definition) is 8. The number of amides is 1. The van der Waals surface area contributed by atoms with Crippen molar-refractivity contribution in [2.45, 2.75) is 38.0 Å². The topological polar surface area (TPSA) is 106 Å². The Kier molecular flexibility index (Phi) is 7.16. The average Bonchev–Trinajstić information content (AvgIpc) is 3.14. The molecule has 1 aliphatic rings. The minimum atomic E-state index is -0.134. The molecule has 0 radical (unpaired) electrons. The molecule has 2 heterocycles. The van der Waals surface area contributed by atoms with Crippen LogP contribution in [0.4, 0.5) is 5.13 Å². The quantitative estimate of drug-likeness (QED) is 0.572. The number of rotatable bonds is 5. The van der Waals surface area contributed by atoms with E-state index in [0.29, 0.717) is 22.1 Å². The number of nitrogens with zero attached hydrogens (tertiary/aromatic N) is 4. The second-order valence-corrected chi connectivity index (χ2v) is 8.84. The monoisotopic (exact) mass is 416 g/mol. The fourth-order valence-electron chi connectivity index (χ4n) is 3.28. The molecule has 3 N–H and O–H groups in total. The van der Waals surface area contributed by atoms with Crippen LogP contribution in [0.1, 0.15) is 42.3 Å². The highest BCUT2D eigenvalue weighted by molar-refractivity contribution is 8.17. The van der Waals surface area contributed by atoms with E-state index in [2.05, 4.69) is 32.1 Å². The molecule has 1 saturated carbocycles. The largest absolute Gasteiger partial charge is 0.374 e. The van der Waals surface area contributed by atoms with Crippen LogP contribution in [-0.4, -0.2) is 33.3 Å². The number of nitrogen functional groups attached to an aromatic ring is 1. The third-order valence-corrected chi connectivity index (χ3v) is 6.67. The van der Waals surface area contributed by atoms with E-state index in [-0.39, 0.29) is 12.3 Å². The molecule has 0 spiro atoms. The smallest absolute Gasteiger partial charge is 0.231 e. The maximum absolute atomic E-state index is 12.3. The van der Waals surface area contributed by atoms with Crippen molar-refractivity contribution in [1.82, 2.24) is 20.5 Å². The summed E-state index contributed by atoms with van der Waals surface area (Å²) in [6.45, 7) is 4.25. The van der Waals surface area contributed by atoms with E-state index >= 15 is 0 Å². The number of pyridine rings is 1. The zero-order valence-electron chi connectivity index (χ0n) is 15.8. The van der Waals surface area contributed by atoms with Gasteiger partial charge in [-0.2, -0.15) is 0 Å². The lowest BCUT2D eigenvalue weighted by Gasteiger charge is -2.28. The van der Waals surface area contributed by atoms with Gasteiger partial charge in [-0.15, -0.1) is 10.2 Å². The first-order valence-electron chi connectivity index (χ1n) is 9.17. The minimum absolute atomic E-state index is 0.134. The molecule has 0 aromatic carbocycles. The minimum Gasteiger partial charge on any atom is -0.374 e. The molecule has 7 nitrogen and oxygen atoms in total. The number of nitrogens with two attached hydrogens (primary N) is 1. The average molecular weight is 417 g/mol. The van der Waals surface area contributed by atoms with Gasteiger partial charge < -0.3 is 11.1 Å². The Hall–Kier alpha value is -2.26. The summed E-state index contributed by atoms with van der Waals surface area (Å²) in [6, 6.07) is 5.52. The summed E-state index contributed by atoms with van der Waals surface area (Å²) < 4.78 is 0. The lowest BCUT2D eigenvalue weighted by atomic mass is 9.82. The molecule has 1 amide bonds. The normalized spacial score (nSPS) is 20.0. The second-order valence-electron chi connectivity index (χ2n) is 6.68. The van der Waals surface area contributed by atoms with Crippen molar-refractivity contribution in [3.05, 3.63) is 46.6 Å². The highest BCUT2D eigenvalue weighted by Crippen LogP contribution is 2.42. The Balaban J connectivity index is 1.54. The van der Waals surface area contributed by atoms with Crippen LogP contribution >= 0.6 is 23.1 Å². The third-order valence-electron chi connectivity index (χ3n) is 4.68. The summed E-state index contributed by atoms with van der Waals surface area (Å²) in [5.74, 6) is 0.579. The van der Waals surface area contributed by atoms with Gasteiger partial charge in [-0.25, -0.2) is 0 Å². The van der Waals surface area contributed by atoms with Crippen LogP contribution in [0.3, 0.4) is 0 Å². The van der Waals surface area contributed by atoms with E-state index in [1.54, 1.807) is 13.2 Å². The predicted molar refractivity (Wildman–Crippen MR) is 115 cm³/mol. The highest BCUT2D eigenvalue weighted by atomic mass is 32.2. The molecule has 2 atom stereocenters. The molecule has 2 aromatic heterocycles. The molecule has 1 fully saturated rings. The van der Waals surface area contributed by atoms with Gasteiger partial charge in [0, 0.05) is 24.9 Å². The van der Waals surface area contributed by atoms with Crippen LogP contribution in [0.5, 0.6) is 0 Å². The SMILES string of the molecule is C=C(SC(=NC)NC(=O)Cc1ccccn1)[C@H]1CCCC(c2nnc(N)s2)C1. The van der Waals surface area contributed by atoms with Gasteiger partial charge in [-0.05, 0) is 42.2 Å². The van der Waals surface area contributed by atoms with Gasteiger partial charge in [0.25, 0.3) is 0 Å². The Bertz CT molecular complexity index is 851. The maximum Gasteiger partial charge on any atom is 0.231 e. The van der Waals surface area contributed by atoms with Crippen LogP contribution in [0.2, 0.25) is 0 Å². The summed E-state index contributed by atoms with van der Waals surface area (Å²) in [7, 11) is 1.67. The molecule has 0 bridgehead atoms. The molecular weight excluding hydrogens is 392 g/mol. The van der Waals surface area contributed by atoms with Gasteiger partial charge in [-0.1, -0.05) is 42.2 Å².